The van der Waals surface area contributed by atoms with Crippen molar-refractivity contribution in [1.82, 2.24) is 20.1 Å². The minimum atomic E-state index is -0.372. The van der Waals surface area contributed by atoms with Crippen molar-refractivity contribution < 1.29 is 4.79 Å². The van der Waals surface area contributed by atoms with Gasteiger partial charge in [0.15, 0.2) is 11.0 Å². The molecule has 1 amide bonds. The van der Waals surface area contributed by atoms with Crippen molar-refractivity contribution in [2.45, 2.75) is 42.8 Å². The zero-order chi connectivity index (χ0) is 19.5. The van der Waals surface area contributed by atoms with E-state index in [4.69, 9.17) is 11.6 Å². The number of nitrogens with one attached hydrogen (secondary N) is 1. The van der Waals surface area contributed by atoms with Crippen molar-refractivity contribution in [2.24, 2.45) is 0 Å². The second-order valence-electron chi connectivity index (χ2n) is 6.75. The maximum absolute atomic E-state index is 12.9. The summed E-state index contributed by atoms with van der Waals surface area (Å²) in [6.45, 7) is 2.74. The highest BCUT2D eigenvalue weighted by Crippen LogP contribution is 2.37. The lowest BCUT2D eigenvalue weighted by Crippen LogP contribution is -2.30. The molecule has 1 heterocycles. The van der Waals surface area contributed by atoms with E-state index < -0.39 is 0 Å². The molecule has 28 heavy (non-hydrogen) atoms. The molecule has 1 saturated carbocycles. The predicted octanol–water partition coefficient (Wildman–Crippen LogP) is 4.73. The summed E-state index contributed by atoms with van der Waals surface area (Å²) < 4.78 is 2.02. The molecular formula is C21H21ClN4OS. The van der Waals surface area contributed by atoms with E-state index in [1.165, 1.54) is 11.8 Å². The molecule has 5 nitrogen and oxygen atoms in total. The minimum Gasteiger partial charge on any atom is -0.352 e. The lowest BCUT2D eigenvalue weighted by atomic mass is 10.1. The second-order valence-corrected chi connectivity index (χ2v) is 8.26. The molecule has 1 atom stereocenters. The molecule has 0 radical (unpaired) electrons. The quantitative estimate of drug-likeness (QED) is 0.570. The summed E-state index contributed by atoms with van der Waals surface area (Å²) in [5.41, 5.74) is 1.87. The fourth-order valence-electron chi connectivity index (χ4n) is 3.01. The van der Waals surface area contributed by atoms with Gasteiger partial charge in [0.2, 0.25) is 5.91 Å². The van der Waals surface area contributed by atoms with Gasteiger partial charge in [0.25, 0.3) is 0 Å². The van der Waals surface area contributed by atoms with Crippen molar-refractivity contribution in [3.05, 3.63) is 65.2 Å². The normalized spacial score (nSPS) is 14.6. The van der Waals surface area contributed by atoms with Gasteiger partial charge < -0.3 is 9.88 Å². The summed E-state index contributed by atoms with van der Waals surface area (Å²) in [7, 11) is 0. The van der Waals surface area contributed by atoms with Crippen LogP contribution in [0.1, 0.15) is 30.6 Å². The van der Waals surface area contributed by atoms with Crippen molar-refractivity contribution in [3.63, 3.8) is 0 Å². The van der Waals surface area contributed by atoms with E-state index in [0.29, 0.717) is 17.6 Å². The standard InChI is InChI=1S/C21H21ClN4OS/c1-2-26-19(15-9-6-10-16(22)13-15)24-25-21(26)28-18(14-7-4-3-5-8-14)20(27)23-17-11-12-17/h3-10,13,17-18H,2,11-12H2,1H3,(H,23,27)/t18-/m1/s1. The molecule has 0 unspecified atom stereocenters. The van der Waals surface area contributed by atoms with Crippen LogP contribution in [0.25, 0.3) is 11.4 Å². The third-order valence-corrected chi connectivity index (χ3v) is 6.07. The van der Waals surface area contributed by atoms with Crippen LogP contribution in [0, 0.1) is 0 Å². The fraction of sp³-hybridized carbons (Fsp3) is 0.286. The number of hydrogen-bond donors (Lipinski definition) is 1. The molecule has 1 fully saturated rings. The highest BCUT2D eigenvalue weighted by molar-refractivity contribution is 8.00. The van der Waals surface area contributed by atoms with Gasteiger partial charge >= 0.3 is 0 Å². The average molecular weight is 413 g/mol. The van der Waals surface area contributed by atoms with E-state index in [-0.39, 0.29) is 11.2 Å². The number of carbonyl (C=O) groups excluding carboxylic acids is 1. The van der Waals surface area contributed by atoms with Gasteiger partial charge in [-0.15, -0.1) is 10.2 Å². The first-order valence-corrected chi connectivity index (χ1v) is 10.6. The summed E-state index contributed by atoms with van der Waals surface area (Å²) in [5, 5.41) is 12.9. The summed E-state index contributed by atoms with van der Waals surface area (Å²) in [5.74, 6) is 0.774. The number of halogens is 1. The molecule has 2 aromatic carbocycles. The van der Waals surface area contributed by atoms with Gasteiger partial charge in [-0.05, 0) is 37.5 Å². The number of amides is 1. The summed E-state index contributed by atoms with van der Waals surface area (Å²) >= 11 is 7.58. The Bertz CT molecular complexity index is 972. The molecule has 1 aliphatic rings. The van der Waals surface area contributed by atoms with Crippen LogP contribution in [-0.2, 0) is 11.3 Å². The van der Waals surface area contributed by atoms with E-state index in [0.717, 1.165) is 34.9 Å². The van der Waals surface area contributed by atoms with Gasteiger partial charge in [-0.1, -0.05) is 65.8 Å². The third kappa shape index (κ3) is 4.23. The molecule has 4 rings (SSSR count). The number of carbonyl (C=O) groups is 1. The van der Waals surface area contributed by atoms with Crippen molar-refractivity contribution in [2.75, 3.05) is 0 Å². The highest BCUT2D eigenvalue weighted by atomic mass is 35.5. The van der Waals surface area contributed by atoms with Crippen molar-refractivity contribution >= 4 is 29.3 Å². The van der Waals surface area contributed by atoms with E-state index >= 15 is 0 Å². The van der Waals surface area contributed by atoms with Crippen LogP contribution >= 0.6 is 23.4 Å². The van der Waals surface area contributed by atoms with Crippen LogP contribution in [-0.4, -0.2) is 26.7 Å². The monoisotopic (exact) mass is 412 g/mol. The van der Waals surface area contributed by atoms with Crippen LogP contribution in [0.4, 0.5) is 0 Å². The van der Waals surface area contributed by atoms with Gasteiger partial charge in [-0.25, -0.2) is 0 Å². The first-order valence-electron chi connectivity index (χ1n) is 9.37. The Balaban J connectivity index is 1.65. The number of hydrogen-bond acceptors (Lipinski definition) is 4. The molecule has 144 valence electrons. The van der Waals surface area contributed by atoms with Gasteiger partial charge in [-0.2, -0.15) is 0 Å². The van der Waals surface area contributed by atoms with Gasteiger partial charge in [0, 0.05) is 23.2 Å². The van der Waals surface area contributed by atoms with E-state index in [1.807, 2.05) is 66.1 Å². The Labute approximate surface area is 173 Å². The molecule has 1 aliphatic carbocycles. The molecule has 1 aromatic heterocycles. The minimum absolute atomic E-state index is 0.0219. The Morgan fingerprint density at radius 2 is 2.00 bits per heavy atom. The molecule has 7 heteroatoms. The number of nitrogens with zero attached hydrogens (tertiary/aromatic N) is 3. The van der Waals surface area contributed by atoms with E-state index in [2.05, 4.69) is 15.5 Å². The lowest BCUT2D eigenvalue weighted by molar-refractivity contribution is -0.120. The predicted molar refractivity (Wildman–Crippen MR) is 112 cm³/mol. The Morgan fingerprint density at radius 3 is 2.68 bits per heavy atom. The number of aromatic nitrogens is 3. The lowest BCUT2D eigenvalue weighted by Gasteiger charge is -2.17. The first kappa shape index (κ1) is 19.0. The van der Waals surface area contributed by atoms with Crippen molar-refractivity contribution in [3.8, 4) is 11.4 Å². The highest BCUT2D eigenvalue weighted by Gasteiger charge is 2.30. The molecule has 0 spiro atoms. The topological polar surface area (TPSA) is 59.8 Å². The molecule has 0 aliphatic heterocycles. The van der Waals surface area contributed by atoms with Crippen LogP contribution in [0.3, 0.4) is 0 Å². The fourth-order valence-corrected chi connectivity index (χ4v) is 4.31. The average Bonchev–Trinajstić information content (AvgIpc) is 3.43. The molecule has 3 aromatic rings. The summed E-state index contributed by atoms with van der Waals surface area (Å²) in [6.07, 6.45) is 2.12. The molecule has 0 bridgehead atoms. The largest absolute Gasteiger partial charge is 0.352 e. The number of thioether (sulfide) groups is 1. The maximum atomic E-state index is 12.9. The Hall–Kier alpha value is -2.31. The van der Waals surface area contributed by atoms with Gasteiger partial charge in [0.05, 0.1) is 0 Å². The van der Waals surface area contributed by atoms with E-state index in [1.54, 1.807) is 0 Å². The third-order valence-electron chi connectivity index (χ3n) is 4.60. The van der Waals surface area contributed by atoms with Crippen LogP contribution in [0.15, 0.2) is 59.8 Å². The molecule has 1 N–H and O–H groups in total. The van der Waals surface area contributed by atoms with Crippen LogP contribution in [0.2, 0.25) is 5.02 Å². The van der Waals surface area contributed by atoms with E-state index in [9.17, 15) is 4.79 Å². The number of rotatable bonds is 7. The van der Waals surface area contributed by atoms with Gasteiger partial charge in [-0.3, -0.25) is 4.79 Å². The smallest absolute Gasteiger partial charge is 0.238 e. The zero-order valence-corrected chi connectivity index (χ0v) is 17.1. The molecule has 0 saturated heterocycles. The molecular weight excluding hydrogens is 392 g/mol. The van der Waals surface area contributed by atoms with Gasteiger partial charge in [0.1, 0.15) is 5.25 Å². The van der Waals surface area contributed by atoms with Crippen LogP contribution < -0.4 is 5.32 Å². The maximum Gasteiger partial charge on any atom is 0.238 e. The first-order chi connectivity index (χ1) is 13.7. The number of benzene rings is 2. The summed E-state index contributed by atoms with van der Waals surface area (Å²) in [4.78, 5) is 12.9. The SMILES string of the molecule is CCn1c(S[C@@H](C(=O)NC2CC2)c2ccccc2)nnc1-c1cccc(Cl)c1. The Morgan fingerprint density at radius 1 is 1.21 bits per heavy atom. The summed E-state index contributed by atoms with van der Waals surface area (Å²) in [6, 6.07) is 17.7. The Kier molecular flexibility index (Phi) is 5.69. The zero-order valence-electron chi connectivity index (χ0n) is 15.5. The van der Waals surface area contributed by atoms with Crippen molar-refractivity contribution in [1.29, 1.82) is 0 Å². The van der Waals surface area contributed by atoms with Crippen LogP contribution in [0.5, 0.6) is 0 Å². The second kappa shape index (κ2) is 8.37.